The number of para-hydroxylation sites is 1. The van der Waals surface area contributed by atoms with E-state index in [1.807, 2.05) is 0 Å². The SMILES string of the molecule is Cc1ccc(Cl)cc1N([C@@H](C)C(=O)Nc1ccccc1C(=O)N1CCOCC1)S(C)(=O)=O. The summed E-state index contributed by atoms with van der Waals surface area (Å²) in [5.74, 6) is -0.792. The predicted octanol–water partition coefficient (Wildman–Crippen LogP) is 2.91. The number of sulfonamides is 1. The van der Waals surface area contributed by atoms with Crippen molar-refractivity contribution in [2.45, 2.75) is 19.9 Å². The predicted molar refractivity (Wildman–Crippen MR) is 125 cm³/mol. The highest BCUT2D eigenvalue weighted by Crippen LogP contribution is 2.29. The van der Waals surface area contributed by atoms with E-state index in [0.29, 0.717) is 53.8 Å². The molecule has 1 aliphatic rings. The molecule has 2 aromatic rings. The van der Waals surface area contributed by atoms with Gasteiger partial charge in [-0.25, -0.2) is 8.42 Å². The van der Waals surface area contributed by atoms with Crippen LogP contribution in [0.25, 0.3) is 0 Å². The molecular weight excluding hydrogens is 454 g/mol. The quantitative estimate of drug-likeness (QED) is 0.687. The number of nitrogens with one attached hydrogen (secondary N) is 1. The number of anilines is 2. The van der Waals surface area contributed by atoms with E-state index in [4.69, 9.17) is 16.3 Å². The topological polar surface area (TPSA) is 96.0 Å². The number of morpholine rings is 1. The van der Waals surface area contributed by atoms with Gasteiger partial charge in [-0.05, 0) is 43.7 Å². The van der Waals surface area contributed by atoms with E-state index in [2.05, 4.69) is 5.32 Å². The minimum atomic E-state index is -3.81. The highest BCUT2D eigenvalue weighted by Gasteiger charge is 2.31. The molecule has 1 atom stereocenters. The molecule has 1 heterocycles. The Balaban J connectivity index is 1.89. The largest absolute Gasteiger partial charge is 0.378 e. The van der Waals surface area contributed by atoms with Gasteiger partial charge in [0.25, 0.3) is 5.91 Å². The highest BCUT2D eigenvalue weighted by molar-refractivity contribution is 7.92. The maximum atomic E-state index is 13.1. The molecule has 1 aliphatic heterocycles. The maximum Gasteiger partial charge on any atom is 0.256 e. The average Bonchev–Trinajstić information content (AvgIpc) is 2.75. The van der Waals surface area contributed by atoms with Gasteiger partial charge in [0.05, 0.1) is 36.4 Å². The molecule has 0 radical (unpaired) electrons. The zero-order valence-electron chi connectivity index (χ0n) is 18.2. The summed E-state index contributed by atoms with van der Waals surface area (Å²) >= 11 is 6.08. The van der Waals surface area contributed by atoms with Crippen molar-refractivity contribution in [2.75, 3.05) is 42.2 Å². The number of hydrogen-bond donors (Lipinski definition) is 1. The molecule has 1 N–H and O–H groups in total. The first-order chi connectivity index (χ1) is 15.1. The van der Waals surface area contributed by atoms with Crippen LogP contribution in [0, 0.1) is 6.92 Å². The van der Waals surface area contributed by atoms with Gasteiger partial charge in [0.1, 0.15) is 6.04 Å². The lowest BCUT2D eigenvalue weighted by atomic mass is 10.1. The zero-order valence-corrected chi connectivity index (χ0v) is 19.7. The van der Waals surface area contributed by atoms with Crippen molar-refractivity contribution in [2.24, 2.45) is 0 Å². The van der Waals surface area contributed by atoms with E-state index in [1.54, 1.807) is 48.2 Å². The van der Waals surface area contributed by atoms with E-state index in [-0.39, 0.29) is 5.91 Å². The first kappa shape index (κ1) is 24.0. The van der Waals surface area contributed by atoms with Gasteiger partial charge in [-0.1, -0.05) is 29.8 Å². The van der Waals surface area contributed by atoms with Crippen LogP contribution in [0.2, 0.25) is 5.02 Å². The Kier molecular flexibility index (Phi) is 7.43. The van der Waals surface area contributed by atoms with Crippen LogP contribution in [0.15, 0.2) is 42.5 Å². The molecule has 2 aromatic carbocycles. The van der Waals surface area contributed by atoms with Crippen molar-refractivity contribution in [3.8, 4) is 0 Å². The third kappa shape index (κ3) is 5.40. The molecule has 10 heteroatoms. The fourth-order valence-electron chi connectivity index (χ4n) is 3.55. The Labute approximate surface area is 193 Å². The van der Waals surface area contributed by atoms with Gasteiger partial charge in [0.2, 0.25) is 15.9 Å². The molecule has 0 bridgehead atoms. The van der Waals surface area contributed by atoms with Crippen LogP contribution in [0.1, 0.15) is 22.8 Å². The minimum Gasteiger partial charge on any atom is -0.378 e. The molecule has 1 fully saturated rings. The highest BCUT2D eigenvalue weighted by atomic mass is 35.5. The van der Waals surface area contributed by atoms with Crippen LogP contribution in [0.5, 0.6) is 0 Å². The van der Waals surface area contributed by atoms with Crippen LogP contribution in [-0.4, -0.2) is 63.7 Å². The molecular formula is C22H26ClN3O5S. The second kappa shape index (κ2) is 9.89. The van der Waals surface area contributed by atoms with Crippen molar-refractivity contribution < 1.29 is 22.7 Å². The lowest BCUT2D eigenvalue weighted by Gasteiger charge is -2.30. The number of nitrogens with zero attached hydrogens (tertiary/aromatic N) is 2. The fraction of sp³-hybridized carbons (Fsp3) is 0.364. The summed E-state index contributed by atoms with van der Waals surface area (Å²) < 4.78 is 31.5. The molecule has 0 spiro atoms. The third-order valence-electron chi connectivity index (χ3n) is 5.21. The van der Waals surface area contributed by atoms with Crippen molar-refractivity contribution in [1.82, 2.24) is 4.90 Å². The van der Waals surface area contributed by atoms with Crippen molar-refractivity contribution in [3.05, 3.63) is 58.6 Å². The lowest BCUT2D eigenvalue weighted by molar-refractivity contribution is -0.116. The lowest BCUT2D eigenvalue weighted by Crippen LogP contribution is -2.46. The molecule has 1 saturated heterocycles. The summed E-state index contributed by atoms with van der Waals surface area (Å²) in [4.78, 5) is 27.8. The van der Waals surface area contributed by atoms with E-state index in [9.17, 15) is 18.0 Å². The summed E-state index contributed by atoms with van der Waals surface area (Å²) in [7, 11) is -3.81. The number of amides is 2. The van der Waals surface area contributed by atoms with E-state index in [1.165, 1.54) is 13.0 Å². The van der Waals surface area contributed by atoms with Gasteiger partial charge in [0.15, 0.2) is 0 Å². The van der Waals surface area contributed by atoms with Crippen molar-refractivity contribution in [3.63, 3.8) is 0 Å². The molecule has 0 aliphatic carbocycles. The van der Waals surface area contributed by atoms with Crippen LogP contribution in [-0.2, 0) is 19.6 Å². The van der Waals surface area contributed by atoms with Crippen molar-refractivity contribution in [1.29, 1.82) is 0 Å². The number of carbonyl (C=O) groups is 2. The Hall–Kier alpha value is -2.62. The number of halogens is 1. The summed E-state index contributed by atoms with van der Waals surface area (Å²) in [6.45, 7) is 5.08. The first-order valence-electron chi connectivity index (χ1n) is 10.1. The van der Waals surface area contributed by atoms with Crippen molar-refractivity contribution >= 4 is 44.8 Å². The standard InChI is InChI=1S/C22H26ClN3O5S/c1-15-8-9-17(23)14-20(15)26(32(3,29)30)16(2)21(27)24-19-7-5-4-6-18(19)22(28)25-10-12-31-13-11-25/h4-9,14,16H,10-13H2,1-3H3,(H,24,27)/t16-/m0/s1. The molecule has 2 amide bonds. The number of ether oxygens (including phenoxy) is 1. The van der Waals surface area contributed by atoms with Crippen LogP contribution < -0.4 is 9.62 Å². The average molecular weight is 480 g/mol. The molecule has 3 rings (SSSR count). The normalized spacial score (nSPS) is 15.2. The molecule has 32 heavy (non-hydrogen) atoms. The Morgan fingerprint density at radius 2 is 1.81 bits per heavy atom. The number of carbonyl (C=O) groups excluding carboxylic acids is 2. The van der Waals surface area contributed by atoms with Crippen LogP contribution in [0.3, 0.4) is 0 Å². The number of aryl methyl sites for hydroxylation is 1. The van der Waals surface area contributed by atoms with Gasteiger partial charge in [0, 0.05) is 18.1 Å². The smallest absolute Gasteiger partial charge is 0.256 e. The maximum absolute atomic E-state index is 13.1. The molecule has 172 valence electrons. The second-order valence-electron chi connectivity index (χ2n) is 7.61. The molecule has 0 aromatic heterocycles. The van der Waals surface area contributed by atoms with Crippen LogP contribution in [0.4, 0.5) is 11.4 Å². The van der Waals surface area contributed by atoms with E-state index >= 15 is 0 Å². The summed E-state index contributed by atoms with van der Waals surface area (Å²) in [5.41, 5.74) is 1.62. The van der Waals surface area contributed by atoms with Gasteiger partial charge < -0.3 is 15.0 Å². The molecule has 0 saturated carbocycles. The van der Waals surface area contributed by atoms with Gasteiger partial charge in [-0.2, -0.15) is 0 Å². The first-order valence-corrected chi connectivity index (χ1v) is 12.3. The van der Waals surface area contributed by atoms with Gasteiger partial charge in [-0.3, -0.25) is 13.9 Å². The fourth-order valence-corrected chi connectivity index (χ4v) is 4.94. The van der Waals surface area contributed by atoms with E-state index in [0.717, 1.165) is 10.6 Å². The Bertz CT molecular complexity index is 1120. The minimum absolute atomic E-state index is 0.220. The molecule has 8 nitrogen and oxygen atoms in total. The third-order valence-corrected chi connectivity index (χ3v) is 6.67. The number of hydrogen-bond acceptors (Lipinski definition) is 5. The van der Waals surface area contributed by atoms with Crippen LogP contribution >= 0.6 is 11.6 Å². The number of benzene rings is 2. The summed E-state index contributed by atoms with van der Waals surface area (Å²) in [6, 6.07) is 10.4. The number of rotatable bonds is 6. The Morgan fingerprint density at radius 1 is 1.16 bits per heavy atom. The zero-order chi connectivity index (χ0) is 23.5. The molecule has 0 unspecified atom stereocenters. The Morgan fingerprint density at radius 3 is 2.47 bits per heavy atom. The van der Waals surface area contributed by atoms with Gasteiger partial charge >= 0.3 is 0 Å². The summed E-state index contributed by atoms with van der Waals surface area (Å²) in [6.07, 6.45) is 1.03. The monoisotopic (exact) mass is 479 g/mol. The summed E-state index contributed by atoms with van der Waals surface area (Å²) in [5, 5.41) is 3.08. The van der Waals surface area contributed by atoms with Gasteiger partial charge in [-0.15, -0.1) is 0 Å². The second-order valence-corrected chi connectivity index (χ2v) is 9.90. The van der Waals surface area contributed by atoms with E-state index < -0.39 is 22.0 Å².